The summed E-state index contributed by atoms with van der Waals surface area (Å²) in [6, 6.07) is 0. The van der Waals surface area contributed by atoms with Crippen LogP contribution in [0.1, 0.15) is 13.3 Å². The average molecular weight is 118 g/mol. The standard InChI is InChI=1S/C5H10O3/c1-2-3-4(6)5(7)8/h3,5-8H,2H2,1H3. The molecule has 0 heterocycles. The molecule has 0 aromatic carbocycles. The zero-order chi connectivity index (χ0) is 6.57. The molecule has 48 valence electrons. The van der Waals surface area contributed by atoms with Gasteiger partial charge >= 0.3 is 0 Å². The molecule has 0 aliphatic rings. The molecule has 0 unspecified atom stereocenters. The summed E-state index contributed by atoms with van der Waals surface area (Å²) in [7, 11) is 0. The fraction of sp³-hybridized carbons (Fsp3) is 0.600. The fourth-order valence-electron chi connectivity index (χ4n) is 0.315. The van der Waals surface area contributed by atoms with E-state index in [1.807, 2.05) is 0 Å². The van der Waals surface area contributed by atoms with Gasteiger partial charge in [0.2, 0.25) is 6.29 Å². The van der Waals surface area contributed by atoms with E-state index in [1.165, 1.54) is 6.08 Å². The lowest BCUT2D eigenvalue weighted by Crippen LogP contribution is -2.07. The van der Waals surface area contributed by atoms with E-state index in [0.717, 1.165) is 0 Å². The van der Waals surface area contributed by atoms with Crippen molar-refractivity contribution in [3.05, 3.63) is 11.8 Å². The van der Waals surface area contributed by atoms with E-state index in [0.29, 0.717) is 6.42 Å². The number of hydrogen-bond donors (Lipinski definition) is 3. The van der Waals surface area contributed by atoms with Gasteiger partial charge in [0.05, 0.1) is 0 Å². The Kier molecular flexibility index (Phi) is 3.23. The molecule has 8 heavy (non-hydrogen) atoms. The van der Waals surface area contributed by atoms with Crippen LogP contribution in [0.5, 0.6) is 0 Å². The molecule has 0 saturated carbocycles. The molecule has 0 bridgehead atoms. The van der Waals surface area contributed by atoms with Gasteiger partial charge in [-0.25, -0.2) is 0 Å². The molecule has 0 aromatic heterocycles. The molecular formula is C5H10O3. The smallest absolute Gasteiger partial charge is 0.211 e. The Morgan fingerprint density at radius 2 is 2.12 bits per heavy atom. The summed E-state index contributed by atoms with van der Waals surface area (Å²) >= 11 is 0. The van der Waals surface area contributed by atoms with Crippen LogP contribution in [0.3, 0.4) is 0 Å². The van der Waals surface area contributed by atoms with Crippen molar-refractivity contribution in [2.45, 2.75) is 19.6 Å². The Labute approximate surface area is 47.9 Å². The highest BCUT2D eigenvalue weighted by Crippen LogP contribution is 1.94. The summed E-state index contributed by atoms with van der Waals surface area (Å²) < 4.78 is 0. The van der Waals surface area contributed by atoms with Crippen LogP contribution in [-0.4, -0.2) is 21.6 Å². The molecule has 0 amide bonds. The van der Waals surface area contributed by atoms with Crippen molar-refractivity contribution in [3.63, 3.8) is 0 Å². The molecule has 0 atom stereocenters. The summed E-state index contributed by atoms with van der Waals surface area (Å²) in [6.45, 7) is 1.79. The van der Waals surface area contributed by atoms with E-state index in [-0.39, 0.29) is 5.76 Å². The lowest BCUT2D eigenvalue weighted by Gasteiger charge is -1.98. The van der Waals surface area contributed by atoms with E-state index in [9.17, 15) is 0 Å². The molecule has 3 N–H and O–H groups in total. The van der Waals surface area contributed by atoms with Gasteiger partial charge in [0.1, 0.15) is 5.76 Å². The van der Waals surface area contributed by atoms with Crippen molar-refractivity contribution in [2.75, 3.05) is 0 Å². The highest BCUT2D eigenvalue weighted by Gasteiger charge is 1.99. The first-order valence-corrected chi connectivity index (χ1v) is 2.43. The summed E-state index contributed by atoms with van der Waals surface area (Å²) in [5.74, 6) is -0.382. The quantitative estimate of drug-likeness (QED) is 0.357. The van der Waals surface area contributed by atoms with Crippen LogP contribution in [0.15, 0.2) is 11.8 Å². The fourth-order valence-corrected chi connectivity index (χ4v) is 0.315. The van der Waals surface area contributed by atoms with E-state index in [1.54, 1.807) is 6.92 Å². The largest absolute Gasteiger partial charge is 0.507 e. The molecule has 0 radical (unpaired) electrons. The predicted octanol–water partition coefficient (Wildman–Crippen LogP) is 0.149. The van der Waals surface area contributed by atoms with E-state index < -0.39 is 6.29 Å². The van der Waals surface area contributed by atoms with Crippen molar-refractivity contribution in [1.82, 2.24) is 0 Å². The van der Waals surface area contributed by atoms with Crippen LogP contribution in [0, 0.1) is 0 Å². The minimum Gasteiger partial charge on any atom is -0.507 e. The molecule has 0 aromatic rings. The first-order chi connectivity index (χ1) is 3.68. The number of allylic oxidation sites excluding steroid dienone is 1. The zero-order valence-corrected chi connectivity index (χ0v) is 4.70. The molecule has 0 aliphatic heterocycles. The van der Waals surface area contributed by atoms with Crippen molar-refractivity contribution in [1.29, 1.82) is 0 Å². The van der Waals surface area contributed by atoms with E-state index in [4.69, 9.17) is 15.3 Å². The first-order valence-electron chi connectivity index (χ1n) is 2.43. The topological polar surface area (TPSA) is 60.7 Å². The molecular weight excluding hydrogens is 108 g/mol. The van der Waals surface area contributed by atoms with Crippen molar-refractivity contribution in [2.24, 2.45) is 0 Å². The Morgan fingerprint density at radius 3 is 2.25 bits per heavy atom. The highest BCUT2D eigenvalue weighted by molar-refractivity contribution is 4.91. The van der Waals surface area contributed by atoms with Gasteiger partial charge in [-0.3, -0.25) is 0 Å². The summed E-state index contributed by atoms with van der Waals surface area (Å²) in [5, 5.41) is 24.9. The Balaban J connectivity index is 3.61. The second kappa shape index (κ2) is 3.46. The van der Waals surface area contributed by atoms with Gasteiger partial charge in [-0.15, -0.1) is 0 Å². The minimum absolute atomic E-state index is 0.382. The van der Waals surface area contributed by atoms with Crippen LogP contribution >= 0.6 is 0 Å². The second-order valence-corrected chi connectivity index (χ2v) is 1.41. The number of rotatable bonds is 2. The normalized spacial score (nSPS) is 12.8. The Bertz CT molecular complexity index is 85.7. The minimum atomic E-state index is -1.71. The van der Waals surface area contributed by atoms with E-state index >= 15 is 0 Å². The Morgan fingerprint density at radius 1 is 1.62 bits per heavy atom. The van der Waals surface area contributed by atoms with E-state index in [2.05, 4.69) is 0 Å². The molecule has 0 spiro atoms. The van der Waals surface area contributed by atoms with Crippen LogP contribution in [0.4, 0.5) is 0 Å². The third kappa shape index (κ3) is 2.60. The van der Waals surface area contributed by atoms with Crippen molar-refractivity contribution >= 4 is 0 Å². The maximum atomic E-state index is 8.49. The van der Waals surface area contributed by atoms with Crippen LogP contribution in [-0.2, 0) is 0 Å². The Hall–Kier alpha value is -0.540. The maximum absolute atomic E-state index is 8.49. The molecule has 0 saturated heterocycles. The lowest BCUT2D eigenvalue weighted by molar-refractivity contribution is -0.0373. The third-order valence-electron chi connectivity index (χ3n) is 0.678. The van der Waals surface area contributed by atoms with Crippen LogP contribution < -0.4 is 0 Å². The van der Waals surface area contributed by atoms with Gasteiger partial charge in [0, 0.05) is 0 Å². The van der Waals surface area contributed by atoms with Gasteiger partial charge in [0.25, 0.3) is 0 Å². The lowest BCUT2D eigenvalue weighted by atomic mass is 10.4. The van der Waals surface area contributed by atoms with Crippen molar-refractivity contribution in [3.8, 4) is 0 Å². The molecule has 0 aliphatic carbocycles. The summed E-state index contributed by atoms with van der Waals surface area (Å²) in [5.41, 5.74) is 0. The number of aliphatic hydroxyl groups excluding tert-OH is 2. The number of aliphatic hydroxyl groups is 3. The first kappa shape index (κ1) is 7.46. The second-order valence-electron chi connectivity index (χ2n) is 1.41. The van der Waals surface area contributed by atoms with Crippen LogP contribution in [0.25, 0.3) is 0 Å². The SMILES string of the molecule is CCC=C(O)C(O)O. The van der Waals surface area contributed by atoms with Crippen molar-refractivity contribution < 1.29 is 15.3 Å². The highest BCUT2D eigenvalue weighted by atomic mass is 16.5. The van der Waals surface area contributed by atoms with Crippen LogP contribution in [0.2, 0.25) is 0 Å². The predicted molar refractivity (Wildman–Crippen MR) is 29.2 cm³/mol. The molecule has 0 fully saturated rings. The average Bonchev–Trinajstić information content (AvgIpc) is 1.67. The van der Waals surface area contributed by atoms with Gasteiger partial charge in [-0.2, -0.15) is 0 Å². The molecule has 3 heteroatoms. The summed E-state index contributed by atoms with van der Waals surface area (Å²) in [4.78, 5) is 0. The number of hydrogen-bond acceptors (Lipinski definition) is 3. The third-order valence-corrected chi connectivity index (χ3v) is 0.678. The van der Waals surface area contributed by atoms with Gasteiger partial charge in [-0.1, -0.05) is 6.92 Å². The summed E-state index contributed by atoms with van der Waals surface area (Å²) in [6.07, 6.45) is 0.226. The maximum Gasteiger partial charge on any atom is 0.211 e. The molecule has 0 rings (SSSR count). The monoisotopic (exact) mass is 118 g/mol. The molecule has 3 nitrogen and oxygen atoms in total. The van der Waals surface area contributed by atoms with Gasteiger partial charge in [-0.05, 0) is 12.5 Å². The van der Waals surface area contributed by atoms with Gasteiger partial charge < -0.3 is 15.3 Å². The van der Waals surface area contributed by atoms with Gasteiger partial charge in [0.15, 0.2) is 0 Å². The zero-order valence-electron chi connectivity index (χ0n) is 4.70.